The number of hydrogen-bond donors (Lipinski definition) is 1. The third kappa shape index (κ3) is 2.48. The van der Waals surface area contributed by atoms with Crippen molar-refractivity contribution in [1.29, 1.82) is 0 Å². The second-order valence-electron chi connectivity index (χ2n) is 3.14. The molecule has 0 saturated heterocycles. The Morgan fingerprint density at radius 3 is 3.19 bits per heavy atom. The van der Waals surface area contributed by atoms with Crippen LogP contribution in [-0.2, 0) is 10.8 Å². The van der Waals surface area contributed by atoms with E-state index in [2.05, 4.69) is 20.4 Å². The highest BCUT2D eigenvalue weighted by Crippen LogP contribution is 2.13. The molecule has 0 amide bonds. The van der Waals surface area contributed by atoms with Gasteiger partial charge in [-0.1, -0.05) is 11.6 Å². The highest BCUT2D eigenvalue weighted by atomic mass is 35.5. The lowest BCUT2D eigenvalue weighted by Crippen LogP contribution is -2.13. The molecule has 0 bridgehead atoms. The zero-order chi connectivity index (χ0) is 11.5. The molecule has 0 radical (unpaired) electrons. The maximum absolute atomic E-state index is 10.9. The van der Waals surface area contributed by atoms with Gasteiger partial charge in [0.1, 0.15) is 17.3 Å². The molecule has 1 N–H and O–H groups in total. The standard InChI is InChI=1S/C8H10ClN5OS/c1-16(15)3-2-10-7-4-6(9)13-8-11-5-12-14(7)8/h4-5,10H,2-3H2,1H3. The van der Waals surface area contributed by atoms with E-state index in [0.717, 1.165) is 0 Å². The number of rotatable bonds is 4. The largest absolute Gasteiger partial charge is 0.369 e. The molecule has 0 aliphatic carbocycles. The van der Waals surface area contributed by atoms with Gasteiger partial charge in [-0.2, -0.15) is 19.6 Å². The highest BCUT2D eigenvalue weighted by Gasteiger charge is 2.05. The maximum atomic E-state index is 10.9. The summed E-state index contributed by atoms with van der Waals surface area (Å²) in [6, 6.07) is 1.65. The molecule has 2 aromatic rings. The lowest BCUT2D eigenvalue weighted by Gasteiger charge is -2.06. The number of nitrogens with zero attached hydrogens (tertiary/aromatic N) is 4. The van der Waals surface area contributed by atoms with Gasteiger partial charge in [0, 0.05) is 35.4 Å². The Labute approximate surface area is 99.5 Å². The summed E-state index contributed by atoms with van der Waals surface area (Å²) in [5.41, 5.74) is 0. The fourth-order valence-electron chi connectivity index (χ4n) is 1.23. The second kappa shape index (κ2) is 4.75. The van der Waals surface area contributed by atoms with Crippen LogP contribution in [0.5, 0.6) is 0 Å². The van der Waals surface area contributed by atoms with E-state index in [9.17, 15) is 4.21 Å². The minimum absolute atomic E-state index is 0.348. The minimum atomic E-state index is -0.825. The second-order valence-corrected chi connectivity index (χ2v) is 5.08. The van der Waals surface area contributed by atoms with Gasteiger partial charge in [0.2, 0.25) is 0 Å². The predicted molar refractivity (Wildman–Crippen MR) is 63.2 cm³/mol. The maximum Gasteiger partial charge on any atom is 0.255 e. The molecule has 0 aliphatic rings. The molecule has 2 heterocycles. The van der Waals surface area contributed by atoms with E-state index < -0.39 is 10.8 Å². The fourth-order valence-corrected chi connectivity index (χ4v) is 1.80. The van der Waals surface area contributed by atoms with E-state index in [1.807, 2.05) is 0 Å². The first-order valence-corrected chi connectivity index (χ1v) is 6.67. The molecule has 6 nitrogen and oxygen atoms in total. The molecule has 0 aliphatic heterocycles. The zero-order valence-corrected chi connectivity index (χ0v) is 10.1. The Kier molecular flexibility index (Phi) is 3.35. The molecular weight excluding hydrogens is 250 g/mol. The third-order valence-corrected chi connectivity index (χ3v) is 2.89. The van der Waals surface area contributed by atoms with Crippen LogP contribution < -0.4 is 5.32 Å². The van der Waals surface area contributed by atoms with Gasteiger partial charge >= 0.3 is 0 Å². The van der Waals surface area contributed by atoms with Gasteiger partial charge in [-0.3, -0.25) is 4.21 Å². The van der Waals surface area contributed by atoms with Crippen LogP contribution in [0.1, 0.15) is 0 Å². The Bertz CT molecular complexity index is 528. The number of fused-ring (bicyclic) bond motifs is 1. The van der Waals surface area contributed by atoms with Gasteiger partial charge in [-0.25, -0.2) is 0 Å². The number of hydrogen-bond acceptors (Lipinski definition) is 5. The summed E-state index contributed by atoms with van der Waals surface area (Å²) in [6.07, 6.45) is 3.06. The van der Waals surface area contributed by atoms with Crippen LogP contribution >= 0.6 is 11.6 Å². The van der Waals surface area contributed by atoms with E-state index >= 15 is 0 Å². The van der Waals surface area contributed by atoms with Crippen molar-refractivity contribution in [3.8, 4) is 0 Å². The highest BCUT2D eigenvalue weighted by molar-refractivity contribution is 7.84. The van der Waals surface area contributed by atoms with Crippen molar-refractivity contribution >= 4 is 34.0 Å². The average molecular weight is 260 g/mol. The molecule has 1 unspecified atom stereocenters. The SMILES string of the molecule is CS(=O)CCNc1cc(Cl)nc2ncnn12. The number of anilines is 1. The minimum Gasteiger partial charge on any atom is -0.369 e. The van der Waals surface area contributed by atoms with Gasteiger partial charge in [0.15, 0.2) is 0 Å². The lowest BCUT2D eigenvalue weighted by molar-refractivity contribution is 0.687. The van der Waals surface area contributed by atoms with Crippen LogP contribution in [0.4, 0.5) is 5.82 Å². The van der Waals surface area contributed by atoms with Crippen LogP contribution in [0.25, 0.3) is 5.78 Å². The van der Waals surface area contributed by atoms with Crippen molar-refractivity contribution in [2.75, 3.05) is 23.9 Å². The Balaban J connectivity index is 2.22. The van der Waals surface area contributed by atoms with Gasteiger partial charge in [0.05, 0.1) is 0 Å². The van der Waals surface area contributed by atoms with Crippen LogP contribution in [0.2, 0.25) is 5.15 Å². The first-order chi connectivity index (χ1) is 7.66. The van der Waals surface area contributed by atoms with Crippen LogP contribution in [0, 0.1) is 0 Å². The summed E-state index contributed by atoms with van der Waals surface area (Å²) in [5, 5.41) is 7.44. The first kappa shape index (κ1) is 11.3. The average Bonchev–Trinajstić information content (AvgIpc) is 2.64. The van der Waals surface area contributed by atoms with Crippen LogP contribution in [0.15, 0.2) is 12.4 Å². The molecule has 0 saturated carbocycles. The summed E-state index contributed by atoms with van der Waals surface area (Å²) >= 11 is 5.83. The molecule has 2 rings (SSSR count). The van der Waals surface area contributed by atoms with E-state index in [4.69, 9.17) is 11.6 Å². The summed E-state index contributed by atoms with van der Waals surface area (Å²) in [5.74, 6) is 1.70. The predicted octanol–water partition coefficient (Wildman–Crippen LogP) is 0.568. The smallest absolute Gasteiger partial charge is 0.255 e. The number of aromatic nitrogens is 4. The fraction of sp³-hybridized carbons (Fsp3) is 0.375. The van der Waals surface area contributed by atoms with Crippen molar-refractivity contribution in [1.82, 2.24) is 19.6 Å². The summed E-state index contributed by atoms with van der Waals surface area (Å²) in [6.45, 7) is 0.582. The molecule has 0 aromatic carbocycles. The quantitative estimate of drug-likeness (QED) is 0.813. The Morgan fingerprint density at radius 2 is 2.44 bits per heavy atom. The van der Waals surface area contributed by atoms with E-state index in [-0.39, 0.29) is 0 Å². The third-order valence-electron chi connectivity index (χ3n) is 1.92. The van der Waals surface area contributed by atoms with Crippen molar-refractivity contribution in [2.24, 2.45) is 0 Å². The normalized spacial score (nSPS) is 12.9. The summed E-state index contributed by atoms with van der Waals surface area (Å²) in [4.78, 5) is 7.93. The zero-order valence-electron chi connectivity index (χ0n) is 8.55. The van der Waals surface area contributed by atoms with Crippen molar-refractivity contribution in [3.05, 3.63) is 17.5 Å². The van der Waals surface area contributed by atoms with Gasteiger partial charge in [0.25, 0.3) is 5.78 Å². The Morgan fingerprint density at radius 1 is 1.62 bits per heavy atom. The topological polar surface area (TPSA) is 72.2 Å². The molecule has 0 fully saturated rings. The van der Waals surface area contributed by atoms with Gasteiger partial charge < -0.3 is 5.32 Å². The summed E-state index contributed by atoms with van der Waals surface area (Å²) in [7, 11) is -0.825. The molecular formula is C8H10ClN5OS. The van der Waals surface area contributed by atoms with E-state index in [1.54, 1.807) is 16.8 Å². The summed E-state index contributed by atoms with van der Waals surface area (Å²) < 4.78 is 12.5. The van der Waals surface area contributed by atoms with Gasteiger partial charge in [-0.05, 0) is 0 Å². The molecule has 0 spiro atoms. The van der Waals surface area contributed by atoms with Gasteiger partial charge in [-0.15, -0.1) is 0 Å². The van der Waals surface area contributed by atoms with E-state index in [0.29, 0.717) is 29.0 Å². The van der Waals surface area contributed by atoms with Crippen molar-refractivity contribution in [2.45, 2.75) is 0 Å². The molecule has 86 valence electrons. The monoisotopic (exact) mass is 259 g/mol. The Hall–Kier alpha value is -1.21. The van der Waals surface area contributed by atoms with Crippen molar-refractivity contribution < 1.29 is 4.21 Å². The van der Waals surface area contributed by atoms with Crippen LogP contribution in [0.3, 0.4) is 0 Å². The van der Waals surface area contributed by atoms with Crippen LogP contribution in [-0.4, -0.2) is 42.3 Å². The van der Waals surface area contributed by atoms with E-state index in [1.165, 1.54) is 6.33 Å². The molecule has 1 atom stereocenters. The number of nitrogens with one attached hydrogen (secondary N) is 1. The lowest BCUT2D eigenvalue weighted by atomic mass is 10.5. The molecule has 16 heavy (non-hydrogen) atoms. The first-order valence-electron chi connectivity index (χ1n) is 4.57. The number of halogens is 1. The van der Waals surface area contributed by atoms with Crippen molar-refractivity contribution in [3.63, 3.8) is 0 Å². The molecule has 2 aromatic heterocycles. The molecule has 8 heteroatoms.